The van der Waals surface area contributed by atoms with Crippen LogP contribution in [0.2, 0.25) is 0 Å². The summed E-state index contributed by atoms with van der Waals surface area (Å²) >= 11 is 3.92. The average molecular weight is 545 g/mol. The van der Waals surface area contributed by atoms with Crippen LogP contribution in [0.3, 0.4) is 0 Å². The number of anilines is 2. The molecule has 36 heavy (non-hydrogen) atoms. The van der Waals surface area contributed by atoms with Gasteiger partial charge in [-0.25, -0.2) is 4.79 Å². The second-order valence-corrected chi connectivity index (χ2v) is 12.2. The molecule has 1 aromatic carbocycles. The molecule has 1 aliphatic carbocycles. The Hall–Kier alpha value is -2.76. The summed E-state index contributed by atoms with van der Waals surface area (Å²) in [5, 5.41) is 14.3. The average Bonchev–Trinajstić information content (AvgIpc) is 3.44. The van der Waals surface area contributed by atoms with E-state index in [1.165, 1.54) is 34.4 Å². The Balaban J connectivity index is 1.40. The number of thiophene rings is 1. The Kier molecular flexibility index (Phi) is 8.43. The zero-order valence-electron chi connectivity index (χ0n) is 20.6. The summed E-state index contributed by atoms with van der Waals surface area (Å²) in [4.78, 5) is 39.4. The molecule has 11 heteroatoms. The number of rotatable bonds is 8. The van der Waals surface area contributed by atoms with Gasteiger partial charge in [-0.3, -0.25) is 14.9 Å². The van der Waals surface area contributed by atoms with E-state index in [-0.39, 0.29) is 24.4 Å². The van der Waals surface area contributed by atoms with Crippen LogP contribution in [0.25, 0.3) is 0 Å². The molecule has 1 atom stereocenters. The van der Waals surface area contributed by atoms with Crippen LogP contribution >= 0.6 is 34.4 Å². The van der Waals surface area contributed by atoms with E-state index in [2.05, 4.69) is 20.8 Å². The first-order chi connectivity index (χ1) is 17.3. The van der Waals surface area contributed by atoms with Crippen molar-refractivity contribution in [3.8, 4) is 0 Å². The number of ether oxygens (including phenoxy) is 1. The van der Waals surface area contributed by atoms with Crippen LogP contribution in [0.1, 0.15) is 69.0 Å². The van der Waals surface area contributed by atoms with E-state index >= 15 is 0 Å². The van der Waals surface area contributed by atoms with Gasteiger partial charge in [-0.15, -0.1) is 21.5 Å². The van der Waals surface area contributed by atoms with E-state index in [1.54, 1.807) is 19.9 Å². The van der Waals surface area contributed by atoms with Gasteiger partial charge in [0.1, 0.15) is 5.00 Å². The van der Waals surface area contributed by atoms with E-state index in [1.807, 2.05) is 26.0 Å². The number of nitrogens with zero attached hydrogens (tertiary/aromatic N) is 2. The first-order valence-corrected chi connectivity index (χ1v) is 14.3. The number of hydrogen-bond donors (Lipinski definition) is 2. The minimum atomic E-state index is -0.490. The zero-order valence-corrected chi connectivity index (χ0v) is 23.0. The largest absolute Gasteiger partial charge is 0.462 e. The maximum absolute atomic E-state index is 13.0. The van der Waals surface area contributed by atoms with Gasteiger partial charge in [-0.2, -0.15) is 0 Å². The summed E-state index contributed by atoms with van der Waals surface area (Å²) in [6, 6.07) is 5.51. The van der Waals surface area contributed by atoms with Crippen molar-refractivity contribution in [2.45, 2.75) is 63.0 Å². The van der Waals surface area contributed by atoms with Crippen LogP contribution in [0.4, 0.5) is 10.1 Å². The van der Waals surface area contributed by atoms with Crippen molar-refractivity contribution in [1.29, 1.82) is 0 Å². The molecule has 0 saturated carbocycles. The Morgan fingerprint density at radius 3 is 2.61 bits per heavy atom. The fourth-order valence-corrected chi connectivity index (χ4v) is 7.02. The van der Waals surface area contributed by atoms with Gasteiger partial charge in [-0.1, -0.05) is 29.2 Å². The number of fused-ring (bicyclic) bond motifs is 1. The van der Waals surface area contributed by atoms with Crippen LogP contribution in [0, 0.1) is 13.8 Å². The molecule has 1 aliphatic rings. The Bertz CT molecular complexity index is 1300. The molecule has 2 amide bonds. The third kappa shape index (κ3) is 5.96. The number of aromatic nitrogens is 2. The number of nitrogens with one attached hydrogen (secondary N) is 2. The SMILES string of the molecule is CCOC(=O)c1c(NC(=O)C(C)Sc2nnc(NC(=O)c3ccc(C)c(C)c3)s2)sc2c1CCCC2. The number of amides is 2. The lowest BCUT2D eigenvalue weighted by Crippen LogP contribution is -2.23. The lowest BCUT2D eigenvalue weighted by molar-refractivity contribution is -0.115. The number of thioether (sulfide) groups is 1. The van der Waals surface area contributed by atoms with E-state index in [4.69, 9.17) is 4.74 Å². The normalized spacial score (nSPS) is 13.6. The molecule has 4 rings (SSSR count). The monoisotopic (exact) mass is 544 g/mol. The van der Waals surface area contributed by atoms with Gasteiger partial charge in [0.05, 0.1) is 17.4 Å². The minimum Gasteiger partial charge on any atom is -0.462 e. The highest BCUT2D eigenvalue weighted by molar-refractivity contribution is 8.02. The highest BCUT2D eigenvalue weighted by atomic mass is 32.2. The molecule has 0 fully saturated rings. The first-order valence-electron chi connectivity index (χ1n) is 11.8. The van der Waals surface area contributed by atoms with Crippen LogP contribution in [-0.2, 0) is 22.4 Å². The number of benzene rings is 1. The summed E-state index contributed by atoms with van der Waals surface area (Å²) in [7, 11) is 0. The first kappa shape index (κ1) is 26.3. The molecule has 0 radical (unpaired) electrons. The third-order valence-electron chi connectivity index (χ3n) is 5.93. The van der Waals surface area contributed by atoms with Crippen LogP contribution in [0.5, 0.6) is 0 Å². The van der Waals surface area contributed by atoms with Gasteiger partial charge < -0.3 is 10.1 Å². The molecule has 2 heterocycles. The predicted octanol–water partition coefficient (Wildman–Crippen LogP) is 5.64. The Morgan fingerprint density at radius 2 is 1.86 bits per heavy atom. The van der Waals surface area contributed by atoms with Crippen molar-refractivity contribution in [1.82, 2.24) is 10.2 Å². The van der Waals surface area contributed by atoms with Crippen molar-refractivity contribution in [2.75, 3.05) is 17.2 Å². The summed E-state index contributed by atoms with van der Waals surface area (Å²) in [6.07, 6.45) is 3.83. The molecule has 0 spiro atoms. The molecule has 1 unspecified atom stereocenters. The fraction of sp³-hybridized carbons (Fsp3) is 0.400. The van der Waals surface area contributed by atoms with Crippen molar-refractivity contribution in [3.05, 3.63) is 50.9 Å². The molecule has 2 N–H and O–H groups in total. The van der Waals surface area contributed by atoms with Crippen molar-refractivity contribution in [2.24, 2.45) is 0 Å². The van der Waals surface area contributed by atoms with Crippen LogP contribution in [0.15, 0.2) is 22.5 Å². The van der Waals surface area contributed by atoms with E-state index in [9.17, 15) is 14.4 Å². The Morgan fingerprint density at radius 1 is 1.08 bits per heavy atom. The third-order valence-corrected chi connectivity index (χ3v) is 9.16. The summed E-state index contributed by atoms with van der Waals surface area (Å²) in [5.74, 6) is -0.884. The van der Waals surface area contributed by atoms with Crippen molar-refractivity contribution in [3.63, 3.8) is 0 Å². The maximum atomic E-state index is 13.0. The molecule has 0 bridgehead atoms. The topological polar surface area (TPSA) is 110 Å². The second kappa shape index (κ2) is 11.5. The molecular weight excluding hydrogens is 517 g/mol. The van der Waals surface area contributed by atoms with E-state index in [0.717, 1.165) is 47.3 Å². The standard InChI is InChI=1S/C25H28N4O4S3/c1-5-33-23(32)19-17-8-6-7-9-18(17)35-22(19)26-20(30)15(4)34-25-29-28-24(36-25)27-21(31)16-11-10-13(2)14(3)12-16/h10-12,15H,5-9H2,1-4H3,(H,26,30)(H,27,28,31). The van der Waals surface area contributed by atoms with Gasteiger partial charge in [0.25, 0.3) is 5.91 Å². The molecule has 2 aromatic heterocycles. The molecule has 0 aliphatic heterocycles. The van der Waals surface area contributed by atoms with Crippen LogP contribution in [-0.4, -0.2) is 39.8 Å². The second-order valence-electron chi connectivity index (χ2n) is 8.51. The van der Waals surface area contributed by atoms with Gasteiger partial charge in [-0.05, 0) is 82.2 Å². The van der Waals surface area contributed by atoms with Crippen molar-refractivity contribution < 1.29 is 19.1 Å². The maximum Gasteiger partial charge on any atom is 0.341 e. The van der Waals surface area contributed by atoms with Crippen molar-refractivity contribution >= 4 is 62.4 Å². The smallest absolute Gasteiger partial charge is 0.341 e. The molecular formula is C25H28N4O4S3. The molecule has 8 nitrogen and oxygen atoms in total. The minimum absolute atomic E-state index is 0.236. The lowest BCUT2D eigenvalue weighted by atomic mass is 9.95. The highest BCUT2D eigenvalue weighted by Gasteiger charge is 2.28. The van der Waals surface area contributed by atoms with E-state index < -0.39 is 5.25 Å². The number of carbonyl (C=O) groups excluding carboxylic acids is 3. The summed E-state index contributed by atoms with van der Waals surface area (Å²) in [6.45, 7) is 7.77. The van der Waals surface area contributed by atoms with Gasteiger partial charge >= 0.3 is 5.97 Å². The zero-order chi connectivity index (χ0) is 25.8. The highest BCUT2D eigenvalue weighted by Crippen LogP contribution is 2.39. The Labute approximate surface area is 222 Å². The summed E-state index contributed by atoms with van der Waals surface area (Å²) < 4.78 is 5.83. The van der Waals surface area contributed by atoms with Gasteiger partial charge in [0.15, 0.2) is 4.34 Å². The lowest BCUT2D eigenvalue weighted by Gasteiger charge is -2.13. The van der Waals surface area contributed by atoms with E-state index in [0.29, 0.717) is 25.6 Å². The van der Waals surface area contributed by atoms with Crippen LogP contribution < -0.4 is 10.6 Å². The molecule has 0 saturated heterocycles. The predicted molar refractivity (Wildman–Crippen MR) is 145 cm³/mol. The number of hydrogen-bond acceptors (Lipinski definition) is 9. The fourth-order valence-electron chi connectivity index (χ4n) is 3.85. The number of aryl methyl sites for hydroxylation is 3. The quantitative estimate of drug-likeness (QED) is 0.214. The molecule has 190 valence electrons. The van der Waals surface area contributed by atoms with Gasteiger partial charge in [0, 0.05) is 10.4 Å². The number of carbonyl (C=O) groups is 3. The summed E-state index contributed by atoms with van der Waals surface area (Å²) in [5.41, 5.74) is 4.20. The van der Waals surface area contributed by atoms with Gasteiger partial charge in [0.2, 0.25) is 11.0 Å². The molecule has 3 aromatic rings. The number of esters is 1.